The Balaban J connectivity index is 1.99. The Hall–Kier alpha value is -0.195. The third kappa shape index (κ3) is 2.24. The SMILES string of the molecule is CC1BCC(C)C(C2C=CCCC2)C1. The van der Waals surface area contributed by atoms with Crippen LogP contribution in [0.3, 0.4) is 0 Å². The molecule has 1 heteroatoms. The van der Waals surface area contributed by atoms with Crippen LogP contribution < -0.4 is 0 Å². The first-order valence-corrected chi connectivity index (χ1v) is 6.44. The maximum absolute atomic E-state index is 2.52. The van der Waals surface area contributed by atoms with Gasteiger partial charge in [-0.3, -0.25) is 0 Å². The van der Waals surface area contributed by atoms with E-state index in [-0.39, 0.29) is 0 Å². The highest BCUT2D eigenvalue weighted by Crippen LogP contribution is 2.40. The van der Waals surface area contributed by atoms with Crippen LogP contribution in [0.2, 0.25) is 12.1 Å². The van der Waals surface area contributed by atoms with E-state index < -0.39 is 0 Å². The van der Waals surface area contributed by atoms with Crippen molar-refractivity contribution in [3.05, 3.63) is 12.2 Å². The van der Waals surface area contributed by atoms with E-state index in [0.29, 0.717) is 0 Å². The summed E-state index contributed by atoms with van der Waals surface area (Å²) in [7, 11) is 1.47. The largest absolute Gasteiger partial charge is 0.124 e. The molecule has 0 radical (unpaired) electrons. The van der Waals surface area contributed by atoms with Gasteiger partial charge in [-0.2, -0.15) is 0 Å². The predicted octanol–water partition coefficient (Wildman–Crippen LogP) is 3.66. The van der Waals surface area contributed by atoms with Crippen LogP contribution in [-0.2, 0) is 0 Å². The first-order valence-electron chi connectivity index (χ1n) is 6.44. The molecule has 1 heterocycles. The molecule has 0 N–H and O–H groups in total. The Morgan fingerprint density at radius 2 is 2.14 bits per heavy atom. The van der Waals surface area contributed by atoms with Crippen molar-refractivity contribution < 1.29 is 0 Å². The second-order valence-electron chi connectivity index (χ2n) is 5.58. The molecule has 2 aliphatic rings. The second kappa shape index (κ2) is 4.55. The number of allylic oxidation sites excluding steroid dienone is 2. The zero-order valence-electron chi connectivity index (χ0n) is 9.71. The van der Waals surface area contributed by atoms with E-state index in [1.165, 1.54) is 39.3 Å². The summed E-state index contributed by atoms with van der Waals surface area (Å²) < 4.78 is 0. The quantitative estimate of drug-likeness (QED) is 0.437. The lowest BCUT2D eigenvalue weighted by molar-refractivity contribution is 0.243. The van der Waals surface area contributed by atoms with Gasteiger partial charge in [-0.05, 0) is 37.0 Å². The molecule has 0 amide bonds. The Morgan fingerprint density at radius 3 is 2.86 bits per heavy atom. The summed E-state index contributed by atoms with van der Waals surface area (Å²) in [6.07, 6.45) is 12.1. The van der Waals surface area contributed by atoms with Gasteiger partial charge in [-0.1, -0.05) is 44.6 Å². The van der Waals surface area contributed by atoms with Crippen molar-refractivity contribution in [3.8, 4) is 0 Å². The minimum Gasteiger partial charge on any atom is -0.0882 e. The van der Waals surface area contributed by atoms with E-state index in [2.05, 4.69) is 26.0 Å². The first-order chi connectivity index (χ1) is 6.77. The number of hydrogen-bond acceptors (Lipinski definition) is 0. The number of rotatable bonds is 1. The summed E-state index contributed by atoms with van der Waals surface area (Å²) >= 11 is 0. The molecule has 1 saturated heterocycles. The molecule has 1 aliphatic carbocycles. The summed E-state index contributed by atoms with van der Waals surface area (Å²) in [6.45, 7) is 4.91. The monoisotopic (exact) mass is 190 g/mol. The van der Waals surface area contributed by atoms with Crippen molar-refractivity contribution in [2.75, 3.05) is 0 Å². The molecular weight excluding hydrogens is 167 g/mol. The van der Waals surface area contributed by atoms with E-state index in [1.807, 2.05) is 0 Å². The van der Waals surface area contributed by atoms with E-state index in [4.69, 9.17) is 0 Å². The molecule has 2 rings (SSSR count). The van der Waals surface area contributed by atoms with E-state index in [0.717, 1.165) is 23.6 Å². The van der Waals surface area contributed by atoms with Gasteiger partial charge in [-0.15, -0.1) is 0 Å². The summed E-state index contributed by atoms with van der Waals surface area (Å²) in [5.74, 6) is 3.86. The van der Waals surface area contributed by atoms with Crippen LogP contribution in [0.4, 0.5) is 0 Å². The molecular formula is C13H23B. The molecule has 1 fully saturated rings. The molecule has 0 saturated carbocycles. The lowest BCUT2D eigenvalue weighted by atomic mass is 9.49. The van der Waals surface area contributed by atoms with Gasteiger partial charge in [0.1, 0.15) is 7.28 Å². The third-order valence-electron chi connectivity index (χ3n) is 4.36. The summed E-state index contributed by atoms with van der Waals surface area (Å²) in [4.78, 5) is 0. The molecule has 0 spiro atoms. The molecule has 4 unspecified atom stereocenters. The Bertz CT molecular complexity index is 209. The van der Waals surface area contributed by atoms with Crippen LogP contribution in [0, 0.1) is 17.8 Å². The first kappa shape index (κ1) is 10.3. The standard InChI is InChI=1S/C13H23B/c1-10-9-14-11(2)8-13(10)12-6-4-3-5-7-12/h4,6,10-14H,3,5,7-9H2,1-2H3. The van der Waals surface area contributed by atoms with Crippen LogP contribution in [0.15, 0.2) is 12.2 Å². The van der Waals surface area contributed by atoms with Crippen LogP contribution in [0.1, 0.15) is 39.5 Å². The zero-order valence-corrected chi connectivity index (χ0v) is 9.71. The minimum atomic E-state index is 0.918. The van der Waals surface area contributed by atoms with Gasteiger partial charge < -0.3 is 0 Å². The molecule has 0 nitrogen and oxygen atoms in total. The highest BCUT2D eigenvalue weighted by molar-refractivity contribution is 6.37. The van der Waals surface area contributed by atoms with Crippen LogP contribution >= 0.6 is 0 Å². The fraction of sp³-hybridized carbons (Fsp3) is 0.846. The average Bonchev–Trinajstić information content (AvgIpc) is 2.23. The topological polar surface area (TPSA) is 0 Å². The van der Waals surface area contributed by atoms with Crippen LogP contribution in [0.5, 0.6) is 0 Å². The maximum Gasteiger partial charge on any atom is 0.124 e. The Morgan fingerprint density at radius 1 is 1.29 bits per heavy atom. The fourth-order valence-corrected chi connectivity index (χ4v) is 3.37. The minimum absolute atomic E-state index is 0.918. The van der Waals surface area contributed by atoms with E-state index >= 15 is 0 Å². The lowest BCUT2D eigenvalue weighted by Crippen LogP contribution is -2.29. The van der Waals surface area contributed by atoms with Crippen LogP contribution in [-0.4, -0.2) is 7.28 Å². The van der Waals surface area contributed by atoms with Crippen molar-refractivity contribution in [2.45, 2.75) is 51.7 Å². The smallest absolute Gasteiger partial charge is 0.0882 e. The van der Waals surface area contributed by atoms with Gasteiger partial charge in [-0.25, -0.2) is 0 Å². The van der Waals surface area contributed by atoms with Crippen molar-refractivity contribution >= 4 is 7.28 Å². The molecule has 0 bridgehead atoms. The highest BCUT2D eigenvalue weighted by Gasteiger charge is 2.31. The molecule has 0 aromatic carbocycles. The molecule has 0 aromatic rings. The fourth-order valence-electron chi connectivity index (χ4n) is 3.37. The normalized spacial score (nSPS) is 43.3. The Labute approximate surface area is 89.4 Å². The van der Waals surface area contributed by atoms with Gasteiger partial charge in [0.2, 0.25) is 0 Å². The van der Waals surface area contributed by atoms with Gasteiger partial charge in [0.25, 0.3) is 0 Å². The van der Waals surface area contributed by atoms with Crippen molar-refractivity contribution in [1.82, 2.24) is 0 Å². The number of hydrogen-bond donors (Lipinski definition) is 0. The van der Waals surface area contributed by atoms with Crippen molar-refractivity contribution in [1.29, 1.82) is 0 Å². The van der Waals surface area contributed by atoms with Crippen molar-refractivity contribution in [2.24, 2.45) is 17.8 Å². The second-order valence-corrected chi connectivity index (χ2v) is 5.58. The lowest BCUT2D eigenvalue weighted by Gasteiger charge is -2.37. The van der Waals surface area contributed by atoms with Gasteiger partial charge in [0.05, 0.1) is 0 Å². The van der Waals surface area contributed by atoms with Gasteiger partial charge in [0, 0.05) is 0 Å². The predicted molar refractivity (Wildman–Crippen MR) is 65.1 cm³/mol. The molecule has 0 aromatic heterocycles. The van der Waals surface area contributed by atoms with Gasteiger partial charge in [0.15, 0.2) is 0 Å². The van der Waals surface area contributed by atoms with Gasteiger partial charge >= 0.3 is 0 Å². The molecule has 1 aliphatic heterocycles. The van der Waals surface area contributed by atoms with Crippen molar-refractivity contribution in [3.63, 3.8) is 0 Å². The third-order valence-corrected chi connectivity index (χ3v) is 4.36. The zero-order chi connectivity index (χ0) is 9.97. The maximum atomic E-state index is 2.52. The molecule has 14 heavy (non-hydrogen) atoms. The summed E-state index contributed by atoms with van der Waals surface area (Å²) in [5, 5.41) is 0. The van der Waals surface area contributed by atoms with E-state index in [9.17, 15) is 0 Å². The van der Waals surface area contributed by atoms with Crippen LogP contribution in [0.25, 0.3) is 0 Å². The average molecular weight is 190 g/mol. The molecule has 4 atom stereocenters. The summed E-state index contributed by atoms with van der Waals surface area (Å²) in [5.41, 5.74) is 0. The highest BCUT2D eigenvalue weighted by atomic mass is 14.3. The van der Waals surface area contributed by atoms with E-state index in [1.54, 1.807) is 0 Å². The molecule has 78 valence electrons. The Kier molecular flexibility index (Phi) is 3.36. The summed E-state index contributed by atoms with van der Waals surface area (Å²) in [6, 6.07) is 0.